The molecule has 1 atom stereocenters. The molecule has 3 heterocycles. The SMILES string of the molecule is c1ccc(C2=NC(c3cccc(-c4ccc5c(c4)Oc4ccccc4C54c5ccccc5-c5ccccc54)c3)NC(c3ccccn3)=N2)cc1. The molecule has 1 spiro atoms. The fourth-order valence-electron chi connectivity index (χ4n) is 7.90. The number of hydrogen-bond acceptors (Lipinski definition) is 5. The van der Waals surface area contributed by atoms with Crippen LogP contribution >= 0.6 is 0 Å². The van der Waals surface area contributed by atoms with Crippen molar-refractivity contribution in [2.75, 3.05) is 0 Å². The molecule has 0 radical (unpaired) electrons. The highest BCUT2D eigenvalue weighted by Crippen LogP contribution is 2.62. The fourth-order valence-corrected chi connectivity index (χ4v) is 7.90. The van der Waals surface area contributed by atoms with Crippen LogP contribution in [0.2, 0.25) is 0 Å². The summed E-state index contributed by atoms with van der Waals surface area (Å²) in [6.07, 6.45) is 1.43. The quantitative estimate of drug-likeness (QED) is 0.208. The summed E-state index contributed by atoms with van der Waals surface area (Å²) >= 11 is 0. The summed E-state index contributed by atoms with van der Waals surface area (Å²) in [7, 11) is 0. The lowest BCUT2D eigenvalue weighted by Gasteiger charge is -2.39. The summed E-state index contributed by atoms with van der Waals surface area (Å²) in [5.74, 6) is 3.11. The number of aromatic nitrogens is 1. The number of nitrogens with zero attached hydrogens (tertiary/aromatic N) is 3. The average Bonchev–Trinajstić information content (AvgIpc) is 3.49. The van der Waals surface area contributed by atoms with Crippen molar-refractivity contribution >= 4 is 11.7 Å². The minimum atomic E-state index is -0.479. The molecule has 0 fully saturated rings. The van der Waals surface area contributed by atoms with Crippen LogP contribution in [0.5, 0.6) is 11.5 Å². The van der Waals surface area contributed by atoms with Crippen molar-refractivity contribution < 1.29 is 4.74 Å². The molecule has 0 amide bonds. The highest BCUT2D eigenvalue weighted by atomic mass is 16.5. The Morgan fingerprint density at radius 2 is 1.18 bits per heavy atom. The summed E-state index contributed by atoms with van der Waals surface area (Å²) in [5, 5.41) is 3.55. The summed E-state index contributed by atoms with van der Waals surface area (Å²) in [5.41, 5.74) is 11.9. The number of aliphatic imine (C=N–C) groups is 2. The third-order valence-corrected chi connectivity index (χ3v) is 10.1. The molecule has 0 bridgehead atoms. The van der Waals surface area contributed by atoms with E-state index in [9.17, 15) is 0 Å². The van der Waals surface area contributed by atoms with Crippen molar-refractivity contribution in [3.63, 3.8) is 0 Å². The molecule has 1 N–H and O–H groups in total. The van der Waals surface area contributed by atoms with Gasteiger partial charge in [-0.3, -0.25) is 4.98 Å². The van der Waals surface area contributed by atoms with Gasteiger partial charge in [0.1, 0.15) is 23.4 Å². The first-order chi connectivity index (χ1) is 24.8. The van der Waals surface area contributed by atoms with E-state index < -0.39 is 5.41 Å². The predicted octanol–water partition coefficient (Wildman–Crippen LogP) is 9.71. The number of pyridine rings is 1. The smallest absolute Gasteiger partial charge is 0.159 e. The molecule has 1 aromatic heterocycles. The van der Waals surface area contributed by atoms with Crippen LogP contribution in [0.3, 0.4) is 0 Å². The van der Waals surface area contributed by atoms with Gasteiger partial charge in [-0.1, -0.05) is 133 Å². The second-order valence-corrected chi connectivity index (χ2v) is 12.8. The summed E-state index contributed by atoms with van der Waals surface area (Å²) in [6.45, 7) is 0. The third kappa shape index (κ3) is 4.30. The van der Waals surface area contributed by atoms with Crippen molar-refractivity contribution in [2.24, 2.45) is 9.98 Å². The average molecular weight is 643 g/mol. The van der Waals surface area contributed by atoms with Crippen LogP contribution in [0.4, 0.5) is 0 Å². The molecule has 0 saturated heterocycles. The van der Waals surface area contributed by atoms with Crippen LogP contribution in [-0.4, -0.2) is 16.7 Å². The number of hydrogen-bond donors (Lipinski definition) is 1. The van der Waals surface area contributed by atoms with Crippen LogP contribution < -0.4 is 10.1 Å². The normalized spacial score (nSPS) is 16.1. The Morgan fingerprint density at radius 1 is 0.520 bits per heavy atom. The summed E-state index contributed by atoms with van der Waals surface area (Å²) in [6, 6.07) is 57.3. The van der Waals surface area contributed by atoms with Gasteiger partial charge in [0.15, 0.2) is 11.7 Å². The molecular formula is C45H30N4O. The van der Waals surface area contributed by atoms with Gasteiger partial charge in [-0.05, 0) is 69.3 Å². The topological polar surface area (TPSA) is 58.9 Å². The Labute approximate surface area is 290 Å². The molecule has 1 aliphatic carbocycles. The molecular weight excluding hydrogens is 613 g/mol. The Morgan fingerprint density at radius 3 is 1.96 bits per heavy atom. The zero-order valence-electron chi connectivity index (χ0n) is 27.0. The molecule has 7 aromatic rings. The first-order valence-corrected chi connectivity index (χ1v) is 16.9. The number of ether oxygens (including phenoxy) is 1. The highest BCUT2D eigenvalue weighted by molar-refractivity contribution is 6.12. The Bertz CT molecular complexity index is 2460. The van der Waals surface area contributed by atoms with E-state index in [1.165, 1.54) is 27.8 Å². The van der Waals surface area contributed by atoms with E-state index in [0.29, 0.717) is 11.7 Å². The van der Waals surface area contributed by atoms with Gasteiger partial charge in [-0.2, -0.15) is 0 Å². The van der Waals surface area contributed by atoms with Crippen molar-refractivity contribution in [1.29, 1.82) is 0 Å². The molecule has 3 aliphatic rings. The minimum Gasteiger partial charge on any atom is -0.457 e. The number of fused-ring (bicyclic) bond motifs is 9. The minimum absolute atomic E-state index is 0.352. The second-order valence-electron chi connectivity index (χ2n) is 12.8. The van der Waals surface area contributed by atoms with E-state index in [1.807, 2.05) is 48.5 Å². The number of nitrogens with one attached hydrogen (secondary N) is 1. The standard InChI is InChI=1S/C45H30N4O/c1-2-13-29(14-3-1)42-47-43(49-44(48-42)39-22-10-11-26-46-39)32-16-12-15-30(27-32)31-24-25-38-41(28-31)50-40-23-9-8-21-37(40)45(38)35-19-6-4-17-33(35)34-18-5-7-20-36(34)45/h1-28,43H,(H,47,48,49). The van der Waals surface area contributed by atoms with E-state index in [4.69, 9.17) is 14.7 Å². The van der Waals surface area contributed by atoms with Gasteiger partial charge in [-0.15, -0.1) is 0 Å². The Hall–Kier alpha value is -6.59. The van der Waals surface area contributed by atoms with Crippen LogP contribution in [0, 0.1) is 0 Å². The third-order valence-electron chi connectivity index (χ3n) is 10.1. The molecule has 6 aromatic carbocycles. The van der Waals surface area contributed by atoms with Crippen molar-refractivity contribution in [1.82, 2.24) is 10.3 Å². The largest absolute Gasteiger partial charge is 0.457 e. The van der Waals surface area contributed by atoms with Gasteiger partial charge in [0, 0.05) is 22.9 Å². The van der Waals surface area contributed by atoms with Crippen LogP contribution in [-0.2, 0) is 5.41 Å². The zero-order valence-corrected chi connectivity index (χ0v) is 27.0. The lowest BCUT2D eigenvalue weighted by atomic mass is 9.66. The predicted molar refractivity (Wildman–Crippen MR) is 199 cm³/mol. The van der Waals surface area contributed by atoms with Crippen molar-refractivity contribution in [3.8, 4) is 33.8 Å². The van der Waals surface area contributed by atoms with E-state index in [0.717, 1.165) is 45.0 Å². The Kier molecular flexibility index (Phi) is 6.39. The fraction of sp³-hybridized carbons (Fsp3) is 0.0444. The number of amidine groups is 2. The zero-order chi connectivity index (χ0) is 33.1. The van der Waals surface area contributed by atoms with Crippen molar-refractivity contribution in [3.05, 3.63) is 209 Å². The highest BCUT2D eigenvalue weighted by Gasteiger charge is 2.50. The number of para-hydroxylation sites is 1. The van der Waals surface area contributed by atoms with Gasteiger partial charge < -0.3 is 10.1 Å². The lowest BCUT2D eigenvalue weighted by molar-refractivity contribution is 0.436. The molecule has 10 rings (SSSR count). The number of benzene rings is 6. The van der Waals surface area contributed by atoms with E-state index >= 15 is 0 Å². The molecule has 5 nitrogen and oxygen atoms in total. The van der Waals surface area contributed by atoms with E-state index in [1.54, 1.807) is 6.20 Å². The lowest BCUT2D eigenvalue weighted by Crippen LogP contribution is -2.34. The first-order valence-electron chi connectivity index (χ1n) is 16.9. The van der Waals surface area contributed by atoms with Gasteiger partial charge in [0.25, 0.3) is 0 Å². The van der Waals surface area contributed by atoms with Gasteiger partial charge in [0.2, 0.25) is 0 Å². The molecule has 5 heteroatoms. The van der Waals surface area contributed by atoms with Gasteiger partial charge in [0.05, 0.1) is 5.41 Å². The Balaban J connectivity index is 1.09. The van der Waals surface area contributed by atoms with E-state index in [2.05, 4.69) is 126 Å². The van der Waals surface area contributed by atoms with Crippen LogP contribution in [0.25, 0.3) is 22.3 Å². The molecule has 2 aliphatic heterocycles. The van der Waals surface area contributed by atoms with Crippen LogP contribution in [0.1, 0.15) is 45.2 Å². The number of rotatable bonds is 4. The molecule has 236 valence electrons. The molecule has 0 saturated carbocycles. The van der Waals surface area contributed by atoms with Crippen molar-refractivity contribution in [2.45, 2.75) is 11.6 Å². The van der Waals surface area contributed by atoms with Gasteiger partial charge >= 0.3 is 0 Å². The van der Waals surface area contributed by atoms with E-state index in [-0.39, 0.29) is 6.17 Å². The van der Waals surface area contributed by atoms with Crippen LogP contribution in [0.15, 0.2) is 180 Å². The molecule has 1 unspecified atom stereocenters. The maximum Gasteiger partial charge on any atom is 0.159 e. The first kappa shape index (κ1) is 28.4. The second kappa shape index (κ2) is 11.2. The maximum atomic E-state index is 6.77. The molecule has 50 heavy (non-hydrogen) atoms. The monoisotopic (exact) mass is 642 g/mol. The summed E-state index contributed by atoms with van der Waals surface area (Å²) in [4.78, 5) is 14.6. The van der Waals surface area contributed by atoms with Gasteiger partial charge in [-0.25, -0.2) is 9.98 Å². The maximum absolute atomic E-state index is 6.77. The summed E-state index contributed by atoms with van der Waals surface area (Å²) < 4.78 is 6.77.